The van der Waals surface area contributed by atoms with Crippen LogP contribution in [0.5, 0.6) is 0 Å². The molecule has 0 radical (unpaired) electrons. The van der Waals surface area contributed by atoms with E-state index in [1.165, 1.54) is 57.8 Å². The summed E-state index contributed by atoms with van der Waals surface area (Å²) < 4.78 is 5.48. The maximum Gasteiger partial charge on any atom is 0.0885 e. The van der Waals surface area contributed by atoms with Crippen molar-refractivity contribution in [2.45, 2.75) is 84.0 Å². The summed E-state index contributed by atoms with van der Waals surface area (Å²) in [6.45, 7) is 4.18. The first kappa shape index (κ1) is 24.0. The molecule has 146 valence electrons. The molecule has 0 fully saturated rings. The zero-order chi connectivity index (χ0) is 18.4. The molecule has 0 rings (SSSR count). The second-order valence-electron chi connectivity index (χ2n) is 7.07. The molecule has 0 bridgehead atoms. The Morgan fingerprint density at radius 1 is 0.680 bits per heavy atom. The van der Waals surface area contributed by atoms with Crippen molar-refractivity contribution < 1.29 is 4.74 Å². The van der Waals surface area contributed by atoms with Crippen LogP contribution >= 0.6 is 0 Å². The maximum absolute atomic E-state index is 5.48. The van der Waals surface area contributed by atoms with E-state index in [4.69, 9.17) is 4.74 Å². The van der Waals surface area contributed by atoms with Crippen molar-refractivity contribution in [2.24, 2.45) is 0 Å². The van der Waals surface area contributed by atoms with Crippen LogP contribution in [-0.4, -0.2) is 32.1 Å². The Kier molecular flexibility index (Phi) is 20.2. The predicted molar refractivity (Wildman–Crippen MR) is 113 cm³/mol. The SMILES string of the molecule is CCCCCC=CC/C=C\CCCCCCC=COCCCN(C)C. The Labute approximate surface area is 158 Å². The number of allylic oxidation sites excluding steroid dienone is 5. The van der Waals surface area contributed by atoms with Gasteiger partial charge in [-0.3, -0.25) is 0 Å². The summed E-state index contributed by atoms with van der Waals surface area (Å²) in [4.78, 5) is 2.19. The van der Waals surface area contributed by atoms with E-state index in [1.807, 2.05) is 6.26 Å². The third-order valence-electron chi connectivity index (χ3n) is 4.13. The maximum atomic E-state index is 5.48. The quantitative estimate of drug-likeness (QED) is 0.152. The molecule has 0 aromatic carbocycles. The van der Waals surface area contributed by atoms with Crippen LogP contribution in [-0.2, 0) is 4.74 Å². The van der Waals surface area contributed by atoms with Crippen molar-refractivity contribution in [3.05, 3.63) is 36.6 Å². The summed E-state index contributed by atoms with van der Waals surface area (Å²) in [6, 6.07) is 0. The Balaban J connectivity index is 3.21. The molecular formula is C23H43NO. The molecule has 0 aromatic heterocycles. The average Bonchev–Trinajstić information content (AvgIpc) is 2.60. The molecule has 0 aliphatic rings. The highest BCUT2D eigenvalue weighted by Crippen LogP contribution is 2.07. The third kappa shape index (κ3) is 23.0. The van der Waals surface area contributed by atoms with E-state index < -0.39 is 0 Å². The fourth-order valence-electron chi connectivity index (χ4n) is 2.57. The van der Waals surface area contributed by atoms with Crippen molar-refractivity contribution in [1.29, 1.82) is 0 Å². The molecule has 2 nitrogen and oxygen atoms in total. The highest BCUT2D eigenvalue weighted by molar-refractivity contribution is 4.92. The van der Waals surface area contributed by atoms with Crippen LogP contribution < -0.4 is 0 Å². The van der Waals surface area contributed by atoms with Crippen LogP contribution in [0.1, 0.15) is 84.0 Å². The molecule has 0 aliphatic heterocycles. The third-order valence-corrected chi connectivity index (χ3v) is 4.13. The summed E-state index contributed by atoms with van der Waals surface area (Å²) in [7, 11) is 4.19. The molecule has 0 amide bonds. The van der Waals surface area contributed by atoms with E-state index in [1.54, 1.807) is 0 Å². The summed E-state index contributed by atoms with van der Waals surface area (Å²) in [5.74, 6) is 0. The average molecular weight is 350 g/mol. The summed E-state index contributed by atoms with van der Waals surface area (Å²) >= 11 is 0. The Morgan fingerprint density at radius 3 is 1.88 bits per heavy atom. The highest BCUT2D eigenvalue weighted by Gasteiger charge is 1.90. The largest absolute Gasteiger partial charge is 0.501 e. The van der Waals surface area contributed by atoms with Crippen molar-refractivity contribution >= 4 is 0 Å². The monoisotopic (exact) mass is 349 g/mol. The minimum Gasteiger partial charge on any atom is -0.501 e. The van der Waals surface area contributed by atoms with E-state index in [2.05, 4.69) is 56.3 Å². The normalized spacial score (nSPS) is 12.3. The molecular weight excluding hydrogens is 306 g/mol. The zero-order valence-electron chi connectivity index (χ0n) is 17.2. The van der Waals surface area contributed by atoms with Gasteiger partial charge in [-0.25, -0.2) is 0 Å². The van der Waals surface area contributed by atoms with Crippen molar-refractivity contribution in [3.63, 3.8) is 0 Å². The minimum atomic E-state index is 0.828. The van der Waals surface area contributed by atoms with E-state index in [0.717, 1.165) is 32.4 Å². The number of ether oxygens (including phenoxy) is 1. The van der Waals surface area contributed by atoms with Gasteiger partial charge in [-0.1, -0.05) is 56.9 Å². The molecule has 0 atom stereocenters. The van der Waals surface area contributed by atoms with Gasteiger partial charge >= 0.3 is 0 Å². The molecule has 0 spiro atoms. The van der Waals surface area contributed by atoms with Crippen LogP contribution in [0.4, 0.5) is 0 Å². The standard InChI is InChI=1S/C23H43NO/c1-4-5-6-7-8-9-10-11-12-13-14-15-16-17-18-19-22-25-23-20-21-24(2)3/h8-9,11-12,19,22H,4-7,10,13-18,20-21,23H2,1-3H3/b9-8?,12-11-,22-19?. The molecule has 0 heterocycles. The number of nitrogens with zero attached hydrogens (tertiary/aromatic N) is 1. The topological polar surface area (TPSA) is 12.5 Å². The molecule has 2 heteroatoms. The lowest BCUT2D eigenvalue weighted by Crippen LogP contribution is -2.14. The second-order valence-corrected chi connectivity index (χ2v) is 7.07. The van der Waals surface area contributed by atoms with Gasteiger partial charge in [0.1, 0.15) is 0 Å². The summed E-state index contributed by atoms with van der Waals surface area (Å²) in [5.41, 5.74) is 0. The second kappa shape index (κ2) is 21.0. The molecule has 0 saturated heterocycles. The fraction of sp³-hybridized carbons (Fsp3) is 0.739. The molecule has 0 unspecified atom stereocenters. The van der Waals surface area contributed by atoms with Crippen LogP contribution in [0.2, 0.25) is 0 Å². The van der Waals surface area contributed by atoms with Gasteiger partial charge < -0.3 is 9.64 Å². The van der Waals surface area contributed by atoms with Crippen LogP contribution in [0.3, 0.4) is 0 Å². The van der Waals surface area contributed by atoms with Crippen molar-refractivity contribution in [3.8, 4) is 0 Å². The Morgan fingerprint density at radius 2 is 1.28 bits per heavy atom. The van der Waals surface area contributed by atoms with Gasteiger partial charge in [0.25, 0.3) is 0 Å². The van der Waals surface area contributed by atoms with Gasteiger partial charge in [-0.15, -0.1) is 0 Å². The van der Waals surface area contributed by atoms with Gasteiger partial charge in [-0.05, 0) is 71.5 Å². The predicted octanol–water partition coefficient (Wildman–Crippen LogP) is 6.89. The van der Waals surface area contributed by atoms with E-state index >= 15 is 0 Å². The smallest absolute Gasteiger partial charge is 0.0885 e. The van der Waals surface area contributed by atoms with Crippen LogP contribution in [0, 0.1) is 0 Å². The van der Waals surface area contributed by atoms with Crippen molar-refractivity contribution in [2.75, 3.05) is 27.2 Å². The Hall–Kier alpha value is -1.02. The first-order valence-corrected chi connectivity index (χ1v) is 10.5. The number of rotatable bonds is 18. The van der Waals surface area contributed by atoms with Crippen LogP contribution in [0.15, 0.2) is 36.6 Å². The Bertz CT molecular complexity index is 331. The van der Waals surface area contributed by atoms with Crippen molar-refractivity contribution in [1.82, 2.24) is 4.90 Å². The summed E-state index contributed by atoms with van der Waals surface area (Å²) in [6.07, 6.45) is 28.5. The lowest BCUT2D eigenvalue weighted by Gasteiger charge is -2.08. The number of unbranched alkanes of at least 4 members (excludes halogenated alkanes) is 8. The number of hydrogen-bond donors (Lipinski definition) is 0. The lowest BCUT2D eigenvalue weighted by molar-refractivity contribution is 0.227. The highest BCUT2D eigenvalue weighted by atomic mass is 16.5. The van der Waals surface area contributed by atoms with E-state index in [9.17, 15) is 0 Å². The molecule has 0 aliphatic carbocycles. The first-order valence-electron chi connectivity index (χ1n) is 10.5. The molecule has 0 saturated carbocycles. The van der Waals surface area contributed by atoms with Gasteiger partial charge in [0, 0.05) is 6.54 Å². The fourth-order valence-corrected chi connectivity index (χ4v) is 2.57. The first-order chi connectivity index (χ1) is 12.3. The molecule has 25 heavy (non-hydrogen) atoms. The van der Waals surface area contributed by atoms with Crippen LogP contribution in [0.25, 0.3) is 0 Å². The zero-order valence-corrected chi connectivity index (χ0v) is 17.2. The minimum absolute atomic E-state index is 0.828. The molecule has 0 N–H and O–H groups in total. The van der Waals surface area contributed by atoms with Gasteiger partial charge in [0.05, 0.1) is 12.9 Å². The van der Waals surface area contributed by atoms with E-state index in [0.29, 0.717) is 0 Å². The van der Waals surface area contributed by atoms with E-state index in [-0.39, 0.29) is 0 Å². The van der Waals surface area contributed by atoms with Gasteiger partial charge in [0.2, 0.25) is 0 Å². The van der Waals surface area contributed by atoms with Gasteiger partial charge in [0.15, 0.2) is 0 Å². The van der Waals surface area contributed by atoms with Gasteiger partial charge in [-0.2, -0.15) is 0 Å². The molecule has 0 aromatic rings. The number of hydrogen-bond acceptors (Lipinski definition) is 2. The summed E-state index contributed by atoms with van der Waals surface area (Å²) in [5, 5.41) is 0. The lowest BCUT2D eigenvalue weighted by atomic mass is 10.1.